The highest BCUT2D eigenvalue weighted by atomic mass is 32.1. The zero-order chi connectivity index (χ0) is 31.6. The van der Waals surface area contributed by atoms with E-state index in [1.165, 1.54) is 64.3 Å². The molecule has 0 spiro atoms. The second-order valence-electron chi connectivity index (χ2n) is 12.3. The van der Waals surface area contributed by atoms with Crippen LogP contribution in [0.2, 0.25) is 0 Å². The minimum absolute atomic E-state index is 0.839. The van der Waals surface area contributed by atoms with Crippen LogP contribution in [-0.4, -0.2) is 14.6 Å². The molecule has 3 nitrogen and oxygen atoms in total. The molecule has 0 saturated heterocycles. The summed E-state index contributed by atoms with van der Waals surface area (Å²) < 4.78 is 4.86. The van der Waals surface area contributed by atoms with Gasteiger partial charge in [-0.3, -0.25) is 4.40 Å². The van der Waals surface area contributed by atoms with E-state index >= 15 is 0 Å². The topological polar surface area (TPSA) is 30.2 Å². The van der Waals surface area contributed by atoms with Crippen LogP contribution in [-0.2, 0) is 0 Å². The third-order valence-electron chi connectivity index (χ3n) is 9.52. The summed E-state index contributed by atoms with van der Waals surface area (Å²) in [5, 5.41) is 15.6. The third-order valence-corrected chi connectivity index (χ3v) is 10.7. The molecule has 3 aromatic heterocycles. The number of fused-ring (bicyclic) bond motifs is 9. The molecule has 10 aromatic rings. The van der Waals surface area contributed by atoms with Crippen molar-refractivity contribution in [1.29, 1.82) is 0 Å². The number of nitrogens with zero attached hydrogens (tertiary/aromatic N) is 3. The number of hydrogen-bond donors (Lipinski definition) is 0. The van der Waals surface area contributed by atoms with E-state index in [4.69, 9.17) is 10.2 Å². The second kappa shape index (κ2) is 10.7. The predicted octanol–water partition coefficient (Wildman–Crippen LogP) is 12.1. The summed E-state index contributed by atoms with van der Waals surface area (Å²) in [5.74, 6) is 0.839. The molecule has 3 heterocycles. The van der Waals surface area contributed by atoms with Crippen molar-refractivity contribution in [3.8, 4) is 44.8 Å². The first-order chi connectivity index (χ1) is 23.8. The van der Waals surface area contributed by atoms with E-state index in [0.29, 0.717) is 0 Å². The Morgan fingerprint density at radius 3 is 1.88 bits per heavy atom. The van der Waals surface area contributed by atoms with Crippen molar-refractivity contribution in [2.45, 2.75) is 0 Å². The minimum Gasteiger partial charge on any atom is -0.274 e. The van der Waals surface area contributed by atoms with Crippen molar-refractivity contribution < 1.29 is 0 Å². The van der Waals surface area contributed by atoms with Gasteiger partial charge in [-0.15, -0.1) is 21.5 Å². The van der Waals surface area contributed by atoms with Gasteiger partial charge in [-0.05, 0) is 63.0 Å². The van der Waals surface area contributed by atoms with Crippen molar-refractivity contribution in [3.63, 3.8) is 0 Å². The van der Waals surface area contributed by atoms with Crippen LogP contribution in [0.5, 0.6) is 0 Å². The van der Waals surface area contributed by atoms with E-state index in [0.717, 1.165) is 27.9 Å². The van der Waals surface area contributed by atoms with E-state index < -0.39 is 0 Å². The Labute approximate surface area is 281 Å². The van der Waals surface area contributed by atoms with E-state index in [1.54, 1.807) is 0 Å². The Morgan fingerprint density at radius 1 is 0.396 bits per heavy atom. The van der Waals surface area contributed by atoms with E-state index in [1.807, 2.05) is 11.3 Å². The summed E-state index contributed by atoms with van der Waals surface area (Å²) in [6.45, 7) is 0. The summed E-state index contributed by atoms with van der Waals surface area (Å²) in [5.41, 5.74) is 10.2. The van der Waals surface area contributed by atoms with Crippen LogP contribution in [0.1, 0.15) is 0 Å². The minimum atomic E-state index is 0.839. The number of thiophene rings is 1. The molecule has 224 valence electrons. The van der Waals surface area contributed by atoms with Gasteiger partial charge in [-0.25, -0.2) is 0 Å². The van der Waals surface area contributed by atoms with Gasteiger partial charge in [0.25, 0.3) is 0 Å². The van der Waals surface area contributed by atoms with Gasteiger partial charge in [0.2, 0.25) is 0 Å². The molecule has 0 N–H and O–H groups in total. The normalized spacial score (nSPS) is 11.8. The van der Waals surface area contributed by atoms with Gasteiger partial charge in [0, 0.05) is 36.5 Å². The predicted molar refractivity (Wildman–Crippen MR) is 203 cm³/mol. The highest BCUT2D eigenvalue weighted by Crippen LogP contribution is 2.41. The molecule has 0 amide bonds. The number of pyridine rings is 1. The van der Waals surface area contributed by atoms with Crippen molar-refractivity contribution in [1.82, 2.24) is 14.6 Å². The second-order valence-corrected chi connectivity index (χ2v) is 13.3. The fourth-order valence-corrected chi connectivity index (χ4v) is 8.43. The van der Waals surface area contributed by atoms with Crippen LogP contribution in [0.15, 0.2) is 164 Å². The molecular formula is C44H27N3S. The highest BCUT2D eigenvalue weighted by Gasteiger charge is 2.17. The zero-order valence-electron chi connectivity index (χ0n) is 25.8. The molecule has 0 fully saturated rings. The summed E-state index contributed by atoms with van der Waals surface area (Å²) in [6.07, 6.45) is 0. The molecule has 0 unspecified atom stereocenters. The van der Waals surface area contributed by atoms with Crippen LogP contribution in [0, 0.1) is 0 Å². The molecule has 0 radical (unpaired) electrons. The molecule has 10 rings (SSSR count). The van der Waals surface area contributed by atoms with Gasteiger partial charge in [0.05, 0.1) is 5.52 Å². The van der Waals surface area contributed by atoms with Crippen LogP contribution in [0.4, 0.5) is 0 Å². The lowest BCUT2D eigenvalue weighted by Gasteiger charge is -2.12. The lowest BCUT2D eigenvalue weighted by molar-refractivity contribution is 1.12. The van der Waals surface area contributed by atoms with Crippen molar-refractivity contribution in [2.75, 3.05) is 0 Å². The first-order valence-corrected chi connectivity index (χ1v) is 17.0. The van der Waals surface area contributed by atoms with E-state index in [-0.39, 0.29) is 0 Å². The molecule has 0 aliphatic heterocycles. The van der Waals surface area contributed by atoms with Gasteiger partial charge >= 0.3 is 0 Å². The molecule has 0 atom stereocenters. The lowest BCUT2D eigenvalue weighted by atomic mass is 9.96. The van der Waals surface area contributed by atoms with E-state index in [9.17, 15) is 0 Å². The molecule has 0 saturated carbocycles. The smallest absolute Gasteiger partial charge is 0.169 e. The Bertz CT molecular complexity index is 2830. The molecule has 0 aliphatic carbocycles. The largest absolute Gasteiger partial charge is 0.274 e. The molecule has 48 heavy (non-hydrogen) atoms. The van der Waals surface area contributed by atoms with Gasteiger partial charge in [-0.2, -0.15) is 0 Å². The number of aromatic nitrogens is 3. The quantitative estimate of drug-likeness (QED) is 0.181. The van der Waals surface area contributed by atoms with Gasteiger partial charge in [0.1, 0.15) is 0 Å². The monoisotopic (exact) mass is 629 g/mol. The van der Waals surface area contributed by atoms with Crippen LogP contribution in [0.25, 0.3) is 92.3 Å². The maximum atomic E-state index is 4.79. The molecule has 7 aromatic carbocycles. The Morgan fingerprint density at radius 2 is 1.02 bits per heavy atom. The van der Waals surface area contributed by atoms with Crippen LogP contribution < -0.4 is 0 Å². The fourth-order valence-electron chi connectivity index (χ4n) is 7.20. The zero-order valence-corrected chi connectivity index (χ0v) is 26.7. The molecular weight excluding hydrogens is 603 g/mol. The number of hydrogen-bond acceptors (Lipinski definition) is 3. The average Bonchev–Trinajstić information content (AvgIpc) is 3.78. The van der Waals surface area contributed by atoms with Gasteiger partial charge in [0.15, 0.2) is 11.5 Å². The first kappa shape index (κ1) is 27.1. The van der Waals surface area contributed by atoms with Crippen LogP contribution >= 0.6 is 11.3 Å². The van der Waals surface area contributed by atoms with Crippen molar-refractivity contribution >= 4 is 58.8 Å². The maximum absolute atomic E-state index is 4.79. The maximum Gasteiger partial charge on any atom is 0.169 e. The Hall–Kier alpha value is -6.10. The molecule has 0 bridgehead atoms. The summed E-state index contributed by atoms with van der Waals surface area (Å²) >= 11 is 1.86. The number of benzene rings is 7. The van der Waals surface area contributed by atoms with Crippen molar-refractivity contribution in [3.05, 3.63) is 164 Å². The number of rotatable bonds is 4. The molecule has 4 heteroatoms. The SMILES string of the molecule is c1ccc(-c2cccc(-c3ccc4c(c3)c3ccccc3c3nnc(-c5ccc(-c6cccc7c6sc6ccccc67)cc5)n43)c2)cc1. The summed E-state index contributed by atoms with van der Waals surface area (Å²) in [6, 6.07) is 58.8. The van der Waals surface area contributed by atoms with Gasteiger partial charge in [-0.1, -0.05) is 140 Å². The molecule has 0 aliphatic rings. The van der Waals surface area contributed by atoms with E-state index in [2.05, 4.69) is 168 Å². The van der Waals surface area contributed by atoms with Gasteiger partial charge < -0.3 is 0 Å². The van der Waals surface area contributed by atoms with Crippen LogP contribution in [0.3, 0.4) is 0 Å². The highest BCUT2D eigenvalue weighted by molar-refractivity contribution is 7.26. The first-order valence-electron chi connectivity index (χ1n) is 16.2. The fraction of sp³-hybridized carbons (Fsp3) is 0. The lowest BCUT2D eigenvalue weighted by Crippen LogP contribution is -1.95. The summed E-state index contributed by atoms with van der Waals surface area (Å²) in [7, 11) is 0. The Kier molecular flexibility index (Phi) is 6.05. The van der Waals surface area contributed by atoms with Crippen molar-refractivity contribution in [2.24, 2.45) is 0 Å². The standard InChI is InChI=1S/C44H27N3S/c1-2-10-28(11-3-1)31-12-8-13-32(26-31)33-24-25-40-39(27-33)35-14-4-5-16-38(35)44-46-45-43(47(40)44)30-22-20-29(21-23-30)34-17-9-18-37-36-15-6-7-19-41(36)48-42(34)37/h1-27H. The third kappa shape index (κ3) is 4.20. The summed E-state index contributed by atoms with van der Waals surface area (Å²) in [4.78, 5) is 0. The average molecular weight is 630 g/mol. The Balaban J connectivity index is 1.12.